The number of carbonyl (C=O) groups is 1. The van der Waals surface area contributed by atoms with Crippen molar-refractivity contribution in [3.8, 4) is 5.88 Å². The predicted octanol–water partition coefficient (Wildman–Crippen LogP) is 1.45. The molecular formula is C16H19N3O3. The number of aryl methyl sites for hydroxylation is 1. The van der Waals surface area contributed by atoms with Gasteiger partial charge in [0.1, 0.15) is 5.56 Å². The summed E-state index contributed by atoms with van der Waals surface area (Å²) in [6.45, 7) is 4.62. The van der Waals surface area contributed by atoms with E-state index in [9.17, 15) is 9.59 Å². The number of hydrogen-bond acceptors (Lipinski definition) is 4. The molecule has 0 aliphatic rings. The van der Waals surface area contributed by atoms with E-state index in [1.807, 2.05) is 19.1 Å². The molecule has 6 nitrogen and oxygen atoms in total. The summed E-state index contributed by atoms with van der Waals surface area (Å²) in [5.74, 6) is 0.184. The van der Waals surface area contributed by atoms with Crippen LogP contribution in [0.1, 0.15) is 28.7 Å². The molecule has 1 amide bonds. The van der Waals surface area contributed by atoms with Gasteiger partial charge in [-0.1, -0.05) is 6.07 Å². The highest BCUT2D eigenvalue weighted by molar-refractivity contribution is 5.93. The van der Waals surface area contributed by atoms with Crippen molar-refractivity contribution in [1.82, 2.24) is 15.3 Å². The number of aromatic amines is 1. The van der Waals surface area contributed by atoms with Crippen LogP contribution in [0.4, 0.5) is 0 Å². The molecule has 0 bridgehead atoms. The number of pyridine rings is 2. The Hall–Kier alpha value is -2.63. The van der Waals surface area contributed by atoms with Gasteiger partial charge in [0.25, 0.3) is 5.91 Å². The average molecular weight is 301 g/mol. The van der Waals surface area contributed by atoms with Crippen molar-refractivity contribution in [2.75, 3.05) is 13.2 Å². The van der Waals surface area contributed by atoms with Gasteiger partial charge in [-0.25, -0.2) is 4.98 Å². The summed E-state index contributed by atoms with van der Waals surface area (Å²) >= 11 is 0. The average Bonchev–Trinajstić information content (AvgIpc) is 2.48. The van der Waals surface area contributed by atoms with E-state index in [1.165, 1.54) is 12.3 Å². The molecule has 0 atom stereocenters. The van der Waals surface area contributed by atoms with Crippen molar-refractivity contribution >= 4 is 5.91 Å². The summed E-state index contributed by atoms with van der Waals surface area (Å²) in [5, 5.41) is 2.72. The van der Waals surface area contributed by atoms with Crippen molar-refractivity contribution in [1.29, 1.82) is 0 Å². The molecule has 2 aromatic heterocycles. The van der Waals surface area contributed by atoms with Crippen molar-refractivity contribution < 1.29 is 9.53 Å². The first-order valence-electron chi connectivity index (χ1n) is 7.16. The third kappa shape index (κ3) is 4.18. The number of nitrogens with one attached hydrogen (secondary N) is 2. The highest BCUT2D eigenvalue weighted by Crippen LogP contribution is 2.07. The first kappa shape index (κ1) is 15.8. The number of carbonyl (C=O) groups excluding carboxylic acids is 1. The molecule has 2 aromatic rings. The maximum absolute atomic E-state index is 12.0. The lowest BCUT2D eigenvalue weighted by molar-refractivity contribution is 0.0952. The fourth-order valence-corrected chi connectivity index (χ4v) is 1.98. The molecular weight excluding hydrogens is 282 g/mol. The van der Waals surface area contributed by atoms with Gasteiger partial charge in [-0.05, 0) is 19.9 Å². The van der Waals surface area contributed by atoms with E-state index in [0.29, 0.717) is 25.5 Å². The zero-order valence-electron chi connectivity index (χ0n) is 12.7. The smallest absolute Gasteiger partial charge is 0.256 e. The minimum Gasteiger partial charge on any atom is -0.478 e. The topological polar surface area (TPSA) is 84.1 Å². The van der Waals surface area contributed by atoms with Crippen LogP contribution in [0, 0.1) is 6.92 Å². The molecule has 0 unspecified atom stereocenters. The fraction of sp³-hybridized carbons (Fsp3) is 0.312. The Balaban J connectivity index is 1.92. The second kappa shape index (κ2) is 7.40. The standard InChI is InChI=1S/C16H19N3O3/c1-3-22-15-6-4-5-12(19-15)7-8-17-16(21)13-10-18-11(2)9-14(13)20/h4-6,9-10H,3,7-8H2,1-2H3,(H,17,21)(H,18,20). The van der Waals surface area contributed by atoms with Gasteiger partial charge in [0.2, 0.25) is 5.88 Å². The van der Waals surface area contributed by atoms with Gasteiger partial charge in [-0.15, -0.1) is 0 Å². The summed E-state index contributed by atoms with van der Waals surface area (Å²) in [5.41, 5.74) is 1.37. The van der Waals surface area contributed by atoms with Crippen molar-refractivity contribution in [2.24, 2.45) is 0 Å². The lowest BCUT2D eigenvalue weighted by Gasteiger charge is -2.06. The number of hydrogen-bond donors (Lipinski definition) is 2. The Labute approximate surface area is 128 Å². The highest BCUT2D eigenvalue weighted by atomic mass is 16.5. The molecule has 0 radical (unpaired) electrons. The third-order valence-electron chi connectivity index (χ3n) is 3.04. The molecule has 0 saturated carbocycles. The van der Waals surface area contributed by atoms with E-state index in [4.69, 9.17) is 4.74 Å². The van der Waals surface area contributed by atoms with Gasteiger partial charge in [0, 0.05) is 42.7 Å². The maximum atomic E-state index is 12.0. The molecule has 0 aliphatic carbocycles. The molecule has 2 N–H and O–H groups in total. The maximum Gasteiger partial charge on any atom is 0.256 e. The van der Waals surface area contributed by atoms with Crippen LogP contribution < -0.4 is 15.5 Å². The largest absolute Gasteiger partial charge is 0.478 e. The molecule has 0 spiro atoms. The van der Waals surface area contributed by atoms with Gasteiger partial charge in [-0.3, -0.25) is 9.59 Å². The number of H-pyrrole nitrogens is 1. The van der Waals surface area contributed by atoms with Gasteiger partial charge in [-0.2, -0.15) is 0 Å². The van der Waals surface area contributed by atoms with Crippen molar-refractivity contribution in [3.63, 3.8) is 0 Å². The van der Waals surface area contributed by atoms with E-state index < -0.39 is 0 Å². The van der Waals surface area contributed by atoms with Crippen LogP contribution in [-0.4, -0.2) is 29.0 Å². The molecule has 116 valence electrons. The van der Waals surface area contributed by atoms with Gasteiger partial charge in [0.15, 0.2) is 5.43 Å². The van der Waals surface area contributed by atoms with Crippen LogP contribution in [0.2, 0.25) is 0 Å². The zero-order chi connectivity index (χ0) is 15.9. The first-order valence-corrected chi connectivity index (χ1v) is 7.16. The Bertz CT molecular complexity index is 710. The Kier molecular flexibility index (Phi) is 5.30. The van der Waals surface area contributed by atoms with Gasteiger partial charge >= 0.3 is 0 Å². The van der Waals surface area contributed by atoms with E-state index >= 15 is 0 Å². The number of aromatic nitrogens is 2. The Morgan fingerprint density at radius 1 is 1.41 bits per heavy atom. The van der Waals surface area contributed by atoms with Crippen LogP contribution >= 0.6 is 0 Å². The minimum absolute atomic E-state index is 0.113. The Morgan fingerprint density at radius 2 is 2.23 bits per heavy atom. The Morgan fingerprint density at radius 3 is 2.95 bits per heavy atom. The first-order chi connectivity index (χ1) is 10.6. The lowest BCUT2D eigenvalue weighted by atomic mass is 10.2. The van der Waals surface area contributed by atoms with E-state index in [2.05, 4.69) is 15.3 Å². The second-order valence-corrected chi connectivity index (χ2v) is 4.80. The van der Waals surface area contributed by atoms with Crippen LogP contribution in [0.25, 0.3) is 0 Å². The predicted molar refractivity (Wildman–Crippen MR) is 83.2 cm³/mol. The van der Waals surface area contributed by atoms with E-state index in [0.717, 1.165) is 11.4 Å². The molecule has 2 heterocycles. The second-order valence-electron chi connectivity index (χ2n) is 4.80. The summed E-state index contributed by atoms with van der Waals surface area (Å²) < 4.78 is 5.33. The SMILES string of the molecule is CCOc1cccc(CCNC(=O)c2c[nH]c(C)cc2=O)n1. The summed E-state index contributed by atoms with van der Waals surface area (Å²) in [4.78, 5) is 30.9. The quantitative estimate of drug-likeness (QED) is 0.846. The molecule has 6 heteroatoms. The number of ether oxygens (including phenoxy) is 1. The van der Waals surface area contributed by atoms with Gasteiger partial charge < -0.3 is 15.0 Å². The van der Waals surface area contributed by atoms with Crippen LogP contribution in [-0.2, 0) is 6.42 Å². The highest BCUT2D eigenvalue weighted by Gasteiger charge is 2.09. The summed E-state index contributed by atoms with van der Waals surface area (Å²) in [6, 6.07) is 6.92. The molecule has 22 heavy (non-hydrogen) atoms. The van der Waals surface area contributed by atoms with Crippen molar-refractivity contribution in [2.45, 2.75) is 20.3 Å². The number of amides is 1. The minimum atomic E-state index is -0.387. The lowest BCUT2D eigenvalue weighted by Crippen LogP contribution is -2.30. The molecule has 0 fully saturated rings. The molecule has 2 rings (SSSR count). The van der Waals surface area contributed by atoms with Crippen LogP contribution in [0.15, 0.2) is 35.3 Å². The monoisotopic (exact) mass is 301 g/mol. The molecule has 0 aliphatic heterocycles. The zero-order valence-corrected chi connectivity index (χ0v) is 12.7. The number of nitrogens with zero attached hydrogens (tertiary/aromatic N) is 1. The normalized spacial score (nSPS) is 10.3. The van der Waals surface area contributed by atoms with Crippen LogP contribution in [0.3, 0.4) is 0 Å². The van der Waals surface area contributed by atoms with Crippen molar-refractivity contribution in [3.05, 3.63) is 57.6 Å². The van der Waals surface area contributed by atoms with E-state index in [-0.39, 0.29) is 16.9 Å². The van der Waals surface area contributed by atoms with Crippen LogP contribution in [0.5, 0.6) is 5.88 Å². The van der Waals surface area contributed by atoms with Gasteiger partial charge in [0.05, 0.1) is 6.61 Å². The summed E-state index contributed by atoms with van der Waals surface area (Å²) in [6.07, 6.45) is 2.00. The van der Waals surface area contributed by atoms with E-state index in [1.54, 1.807) is 13.0 Å². The molecule has 0 saturated heterocycles. The summed E-state index contributed by atoms with van der Waals surface area (Å²) in [7, 11) is 0. The molecule has 0 aromatic carbocycles. The third-order valence-corrected chi connectivity index (χ3v) is 3.04. The number of rotatable bonds is 6. The fourth-order valence-electron chi connectivity index (χ4n) is 1.98.